The molecule has 3 aromatic rings. The number of nitrogens with zero attached hydrogens (tertiary/aromatic N) is 2. The van der Waals surface area contributed by atoms with Crippen molar-refractivity contribution in [2.24, 2.45) is 0 Å². The van der Waals surface area contributed by atoms with Crippen LogP contribution in [0.15, 0.2) is 42.5 Å². The Labute approximate surface area is 159 Å². The first-order chi connectivity index (χ1) is 12.6. The second-order valence-electron chi connectivity index (χ2n) is 6.13. The summed E-state index contributed by atoms with van der Waals surface area (Å²) in [5, 5.41) is 3.99. The zero-order valence-electron chi connectivity index (χ0n) is 13.9. The van der Waals surface area contributed by atoms with Crippen molar-refractivity contribution in [3.05, 3.63) is 53.1 Å². The molecule has 0 atom stereocenters. The van der Waals surface area contributed by atoms with Crippen molar-refractivity contribution in [3.8, 4) is 0 Å². The molecule has 0 aliphatic carbocycles. The maximum atomic E-state index is 12.5. The van der Waals surface area contributed by atoms with Crippen LogP contribution in [-0.2, 0) is 4.79 Å². The van der Waals surface area contributed by atoms with E-state index in [4.69, 9.17) is 11.6 Å². The number of rotatable bonds is 3. The largest absolute Gasteiger partial charge is 0.312 e. The zero-order valence-corrected chi connectivity index (χ0v) is 15.4. The molecule has 1 saturated heterocycles. The first kappa shape index (κ1) is 17.0. The van der Waals surface area contributed by atoms with E-state index in [2.05, 4.69) is 10.3 Å². The van der Waals surface area contributed by atoms with Gasteiger partial charge in [-0.1, -0.05) is 22.9 Å². The molecular weight excluding hydrogens is 370 g/mol. The predicted octanol–water partition coefficient (Wildman–Crippen LogP) is 4.72. The molecule has 0 radical (unpaired) electrons. The molecule has 7 heteroatoms. The molecule has 1 N–H and O–H groups in total. The Morgan fingerprint density at radius 3 is 2.73 bits per heavy atom. The number of nitrogens with one attached hydrogen (secondary N) is 1. The molecule has 1 aliphatic rings. The molecule has 132 valence electrons. The Bertz CT molecular complexity index is 984. The summed E-state index contributed by atoms with van der Waals surface area (Å²) in [5.74, 6) is -0.0896. The van der Waals surface area contributed by atoms with Crippen LogP contribution in [0.1, 0.15) is 29.6 Å². The van der Waals surface area contributed by atoms with E-state index < -0.39 is 0 Å². The number of carbonyl (C=O) groups is 2. The van der Waals surface area contributed by atoms with Crippen LogP contribution in [0.3, 0.4) is 0 Å². The van der Waals surface area contributed by atoms with Crippen LogP contribution in [0.4, 0.5) is 10.8 Å². The van der Waals surface area contributed by atoms with Gasteiger partial charge in [0, 0.05) is 29.2 Å². The monoisotopic (exact) mass is 385 g/mol. The number of hydrogen-bond acceptors (Lipinski definition) is 4. The molecule has 2 amide bonds. The Balaban J connectivity index is 1.49. The SMILES string of the molecule is O=C(Nc1nc2ccc(Cl)cc2s1)c1ccc(N2CCCCC2=O)cc1. The topological polar surface area (TPSA) is 62.3 Å². The van der Waals surface area contributed by atoms with E-state index in [0.29, 0.717) is 22.1 Å². The smallest absolute Gasteiger partial charge is 0.257 e. The first-order valence-electron chi connectivity index (χ1n) is 8.38. The summed E-state index contributed by atoms with van der Waals surface area (Å²) >= 11 is 7.36. The Morgan fingerprint density at radius 1 is 1.15 bits per heavy atom. The van der Waals surface area contributed by atoms with Crippen LogP contribution in [-0.4, -0.2) is 23.3 Å². The number of aromatic nitrogens is 1. The van der Waals surface area contributed by atoms with Crippen molar-refractivity contribution in [1.29, 1.82) is 0 Å². The number of thiazole rings is 1. The van der Waals surface area contributed by atoms with Crippen LogP contribution in [0.2, 0.25) is 5.02 Å². The van der Waals surface area contributed by atoms with E-state index in [-0.39, 0.29) is 11.8 Å². The lowest BCUT2D eigenvalue weighted by Gasteiger charge is -2.26. The number of anilines is 2. The van der Waals surface area contributed by atoms with Crippen molar-refractivity contribution >= 4 is 55.8 Å². The Hall–Kier alpha value is -2.44. The van der Waals surface area contributed by atoms with E-state index in [1.807, 2.05) is 24.3 Å². The van der Waals surface area contributed by atoms with Crippen LogP contribution in [0, 0.1) is 0 Å². The van der Waals surface area contributed by atoms with Gasteiger partial charge in [-0.05, 0) is 55.3 Å². The van der Waals surface area contributed by atoms with Crippen LogP contribution in [0.25, 0.3) is 10.2 Å². The second-order valence-corrected chi connectivity index (χ2v) is 7.60. The number of piperidine rings is 1. The van der Waals surface area contributed by atoms with Crippen LogP contribution < -0.4 is 10.2 Å². The maximum Gasteiger partial charge on any atom is 0.257 e. The summed E-state index contributed by atoms with van der Waals surface area (Å²) in [6.07, 6.45) is 2.54. The highest BCUT2D eigenvalue weighted by Gasteiger charge is 2.19. The van der Waals surface area contributed by atoms with Crippen molar-refractivity contribution < 1.29 is 9.59 Å². The van der Waals surface area contributed by atoms with Gasteiger partial charge in [-0.15, -0.1) is 0 Å². The van der Waals surface area contributed by atoms with Gasteiger partial charge in [0.25, 0.3) is 5.91 Å². The van der Waals surface area contributed by atoms with E-state index in [9.17, 15) is 9.59 Å². The average Bonchev–Trinajstić information content (AvgIpc) is 3.03. The number of amides is 2. The molecule has 4 rings (SSSR count). The van der Waals surface area contributed by atoms with E-state index in [0.717, 1.165) is 35.3 Å². The lowest BCUT2D eigenvalue weighted by atomic mass is 10.1. The molecule has 5 nitrogen and oxygen atoms in total. The van der Waals surface area contributed by atoms with Crippen molar-refractivity contribution in [2.45, 2.75) is 19.3 Å². The van der Waals surface area contributed by atoms with Crippen molar-refractivity contribution in [3.63, 3.8) is 0 Å². The number of carbonyl (C=O) groups excluding carboxylic acids is 2. The van der Waals surface area contributed by atoms with Gasteiger partial charge in [0.1, 0.15) is 0 Å². The minimum absolute atomic E-state index is 0.140. The number of benzene rings is 2. The fourth-order valence-electron chi connectivity index (χ4n) is 2.99. The summed E-state index contributed by atoms with van der Waals surface area (Å²) in [6.45, 7) is 0.735. The molecule has 0 unspecified atom stereocenters. The number of hydrogen-bond donors (Lipinski definition) is 1. The van der Waals surface area contributed by atoms with Gasteiger partial charge in [0.05, 0.1) is 10.2 Å². The van der Waals surface area contributed by atoms with Gasteiger partial charge >= 0.3 is 0 Å². The van der Waals surface area contributed by atoms with Gasteiger partial charge in [0.15, 0.2) is 5.13 Å². The summed E-state index contributed by atoms with van der Waals surface area (Å²) in [7, 11) is 0. The summed E-state index contributed by atoms with van der Waals surface area (Å²) in [4.78, 5) is 30.6. The van der Waals surface area contributed by atoms with Crippen LogP contribution >= 0.6 is 22.9 Å². The van der Waals surface area contributed by atoms with Crippen molar-refractivity contribution in [1.82, 2.24) is 4.98 Å². The van der Waals surface area contributed by atoms with Gasteiger partial charge < -0.3 is 4.90 Å². The number of fused-ring (bicyclic) bond motifs is 1. The Kier molecular flexibility index (Phi) is 4.61. The summed E-state index contributed by atoms with van der Waals surface area (Å²) in [6, 6.07) is 12.5. The lowest BCUT2D eigenvalue weighted by Crippen LogP contribution is -2.35. The predicted molar refractivity (Wildman–Crippen MR) is 105 cm³/mol. The number of halogens is 1. The first-order valence-corrected chi connectivity index (χ1v) is 9.57. The highest BCUT2D eigenvalue weighted by Crippen LogP contribution is 2.29. The minimum atomic E-state index is -0.230. The normalized spacial score (nSPS) is 14.7. The molecule has 1 aliphatic heterocycles. The van der Waals surface area contributed by atoms with Gasteiger partial charge in [-0.2, -0.15) is 0 Å². The Morgan fingerprint density at radius 2 is 1.96 bits per heavy atom. The molecule has 26 heavy (non-hydrogen) atoms. The summed E-state index contributed by atoms with van der Waals surface area (Å²) < 4.78 is 0.923. The molecular formula is C19H16ClN3O2S. The average molecular weight is 386 g/mol. The van der Waals surface area contributed by atoms with E-state index in [1.54, 1.807) is 23.1 Å². The fourth-order valence-corrected chi connectivity index (χ4v) is 4.13. The third-order valence-corrected chi connectivity index (χ3v) is 5.50. The highest BCUT2D eigenvalue weighted by atomic mass is 35.5. The molecule has 2 heterocycles. The van der Waals surface area contributed by atoms with Gasteiger partial charge in [0.2, 0.25) is 5.91 Å². The quantitative estimate of drug-likeness (QED) is 0.709. The zero-order chi connectivity index (χ0) is 18.1. The molecule has 0 saturated carbocycles. The fraction of sp³-hybridized carbons (Fsp3) is 0.211. The lowest BCUT2D eigenvalue weighted by molar-refractivity contribution is -0.119. The second kappa shape index (κ2) is 7.05. The maximum absolute atomic E-state index is 12.5. The molecule has 1 fully saturated rings. The molecule has 0 spiro atoms. The summed E-state index contributed by atoms with van der Waals surface area (Å²) in [5.41, 5.74) is 2.16. The third kappa shape index (κ3) is 3.43. The third-order valence-electron chi connectivity index (χ3n) is 4.34. The van der Waals surface area contributed by atoms with Crippen molar-refractivity contribution in [2.75, 3.05) is 16.8 Å². The van der Waals surface area contributed by atoms with Crippen LogP contribution in [0.5, 0.6) is 0 Å². The molecule has 2 aromatic carbocycles. The minimum Gasteiger partial charge on any atom is -0.312 e. The van der Waals surface area contributed by atoms with Gasteiger partial charge in [-0.3, -0.25) is 14.9 Å². The standard InChI is InChI=1S/C19H16ClN3O2S/c20-13-6-9-15-16(11-13)26-19(21-15)22-18(25)12-4-7-14(8-5-12)23-10-2-1-3-17(23)24/h4-9,11H,1-3,10H2,(H,21,22,25). The van der Waals surface area contributed by atoms with E-state index in [1.165, 1.54) is 11.3 Å². The van der Waals surface area contributed by atoms with Gasteiger partial charge in [-0.25, -0.2) is 4.98 Å². The molecule has 0 bridgehead atoms. The van der Waals surface area contributed by atoms with E-state index >= 15 is 0 Å². The highest BCUT2D eigenvalue weighted by molar-refractivity contribution is 7.22. The molecule has 1 aromatic heterocycles.